The van der Waals surface area contributed by atoms with Gasteiger partial charge in [-0.25, -0.2) is 0 Å². The molecule has 2 aromatic carbocycles. The number of benzene rings is 2. The summed E-state index contributed by atoms with van der Waals surface area (Å²) in [7, 11) is 0. The molecule has 3 atom stereocenters. The van der Waals surface area contributed by atoms with Gasteiger partial charge in [-0.05, 0) is 41.9 Å². The molecule has 1 heterocycles. The van der Waals surface area contributed by atoms with Crippen molar-refractivity contribution in [1.82, 2.24) is 15.1 Å². The molecule has 1 unspecified atom stereocenters. The zero-order chi connectivity index (χ0) is 29.2. The fourth-order valence-electron chi connectivity index (χ4n) is 6.12. The smallest absolute Gasteiger partial charge is 0.237 e. The first kappa shape index (κ1) is 30.7. The van der Waals surface area contributed by atoms with Crippen molar-refractivity contribution in [1.29, 1.82) is 0 Å². The number of nitrogens with one attached hydrogen (secondary N) is 1. The Kier molecular flexibility index (Phi) is 11.3. The van der Waals surface area contributed by atoms with Crippen molar-refractivity contribution in [2.45, 2.75) is 71.0 Å². The molecule has 222 valence electrons. The van der Waals surface area contributed by atoms with E-state index >= 15 is 0 Å². The fraction of sp³-hybridized carbons (Fsp3) is 0.545. The van der Waals surface area contributed by atoms with E-state index in [-0.39, 0.29) is 17.7 Å². The summed E-state index contributed by atoms with van der Waals surface area (Å²) in [6, 6.07) is 17.7. The fourth-order valence-corrected chi connectivity index (χ4v) is 6.12. The van der Waals surface area contributed by atoms with Crippen LogP contribution < -0.4 is 16.8 Å². The van der Waals surface area contributed by atoms with E-state index in [9.17, 15) is 14.4 Å². The largest absolute Gasteiger partial charge is 0.369 e. The molecule has 0 bridgehead atoms. The zero-order valence-electron chi connectivity index (χ0n) is 24.5. The summed E-state index contributed by atoms with van der Waals surface area (Å²) in [6.45, 7) is 5.88. The molecular weight excluding hydrogens is 514 g/mol. The zero-order valence-corrected chi connectivity index (χ0v) is 24.5. The topological polar surface area (TPSA) is 122 Å². The van der Waals surface area contributed by atoms with Gasteiger partial charge in [-0.2, -0.15) is 0 Å². The lowest BCUT2D eigenvalue weighted by Crippen LogP contribution is -2.51. The minimum Gasteiger partial charge on any atom is -0.369 e. The molecule has 0 radical (unpaired) electrons. The number of amides is 3. The van der Waals surface area contributed by atoms with Crippen molar-refractivity contribution in [2.75, 3.05) is 26.2 Å². The maximum Gasteiger partial charge on any atom is 0.237 e. The maximum absolute atomic E-state index is 13.6. The predicted molar refractivity (Wildman–Crippen MR) is 161 cm³/mol. The summed E-state index contributed by atoms with van der Waals surface area (Å²) in [5.74, 6) is -1.40. The van der Waals surface area contributed by atoms with Crippen molar-refractivity contribution in [3.05, 3.63) is 71.3 Å². The number of nitrogens with two attached hydrogens (primary N) is 2. The number of primary amides is 1. The monoisotopic (exact) mass is 561 g/mol. The van der Waals surface area contributed by atoms with Gasteiger partial charge in [-0.15, -0.1) is 0 Å². The lowest BCUT2D eigenvalue weighted by atomic mass is 9.86. The number of hydrogen-bond acceptors (Lipinski definition) is 5. The molecule has 2 fully saturated rings. The number of piperazine rings is 1. The number of carbonyl (C=O) groups is 3. The number of rotatable bonds is 11. The number of hydrogen-bond donors (Lipinski definition) is 3. The van der Waals surface area contributed by atoms with E-state index in [0.717, 1.165) is 56.4 Å². The van der Waals surface area contributed by atoms with E-state index in [1.165, 1.54) is 18.4 Å². The number of nitrogens with zero attached hydrogens (tertiary/aromatic N) is 2. The SMILES string of the molecule is CC(C(N)=O)[C@@H](Cc1ccc(CNC(=O)[C@@H](N)C2CCCCCC2)cc1)C(=O)N1CCN(Cc2ccccc2)CC1. The average molecular weight is 562 g/mol. The Balaban J connectivity index is 1.30. The second-order valence-corrected chi connectivity index (χ2v) is 11.9. The third-order valence-corrected chi connectivity index (χ3v) is 8.96. The standard InChI is InChI=1S/C33H47N5O3/c1-24(31(35)39)29(33(41)38-19-17-37(18-20-38)23-27-9-5-4-6-10-27)21-25-13-15-26(16-14-25)22-36-32(40)30(34)28-11-7-2-3-8-12-28/h4-6,9-10,13-16,24,28-30H,2-3,7-8,11-12,17-23,34H2,1H3,(H2,35,39)(H,36,40)/t24?,29-,30+/m1/s1. The minimum atomic E-state index is -0.575. The normalized spacial score (nSPS) is 19.1. The van der Waals surface area contributed by atoms with Gasteiger partial charge in [0.15, 0.2) is 0 Å². The molecule has 0 aromatic heterocycles. The van der Waals surface area contributed by atoms with Crippen molar-refractivity contribution in [3.63, 3.8) is 0 Å². The van der Waals surface area contributed by atoms with Gasteiger partial charge in [-0.3, -0.25) is 19.3 Å². The van der Waals surface area contributed by atoms with Crippen LogP contribution >= 0.6 is 0 Å². The molecule has 5 N–H and O–H groups in total. The first-order chi connectivity index (χ1) is 19.8. The summed E-state index contributed by atoms with van der Waals surface area (Å²) >= 11 is 0. The quantitative estimate of drug-likeness (QED) is 0.364. The molecule has 3 amide bonds. The second kappa shape index (κ2) is 15.1. The summed E-state index contributed by atoms with van der Waals surface area (Å²) in [4.78, 5) is 42.7. The van der Waals surface area contributed by atoms with E-state index in [2.05, 4.69) is 22.3 Å². The van der Waals surface area contributed by atoms with Crippen LogP contribution in [0.15, 0.2) is 54.6 Å². The minimum absolute atomic E-state index is 0.0144. The van der Waals surface area contributed by atoms with Crippen LogP contribution in [-0.2, 0) is 33.9 Å². The van der Waals surface area contributed by atoms with E-state index < -0.39 is 23.8 Å². The van der Waals surface area contributed by atoms with Crippen LogP contribution in [0.4, 0.5) is 0 Å². The molecule has 1 aliphatic heterocycles. The van der Waals surface area contributed by atoms with Crippen LogP contribution in [0, 0.1) is 17.8 Å². The summed E-state index contributed by atoms with van der Waals surface area (Å²) in [5, 5.41) is 3.00. The first-order valence-corrected chi connectivity index (χ1v) is 15.3. The van der Waals surface area contributed by atoms with Gasteiger partial charge >= 0.3 is 0 Å². The van der Waals surface area contributed by atoms with Crippen molar-refractivity contribution < 1.29 is 14.4 Å². The van der Waals surface area contributed by atoms with Crippen LogP contribution in [0.5, 0.6) is 0 Å². The molecule has 4 rings (SSSR count). The molecule has 1 saturated carbocycles. The molecule has 8 nitrogen and oxygen atoms in total. The van der Waals surface area contributed by atoms with Crippen molar-refractivity contribution in [3.8, 4) is 0 Å². The highest BCUT2D eigenvalue weighted by Gasteiger charge is 2.34. The van der Waals surface area contributed by atoms with E-state index in [1.807, 2.05) is 47.4 Å². The Hall–Kier alpha value is -3.23. The first-order valence-electron chi connectivity index (χ1n) is 15.3. The average Bonchev–Trinajstić information content (AvgIpc) is 3.29. The third-order valence-electron chi connectivity index (χ3n) is 8.96. The van der Waals surface area contributed by atoms with E-state index in [0.29, 0.717) is 26.1 Å². The summed E-state index contributed by atoms with van der Waals surface area (Å²) < 4.78 is 0. The predicted octanol–water partition coefficient (Wildman–Crippen LogP) is 3.23. The second-order valence-electron chi connectivity index (χ2n) is 11.9. The van der Waals surface area contributed by atoms with Gasteiger partial charge in [0.1, 0.15) is 0 Å². The highest BCUT2D eigenvalue weighted by molar-refractivity contribution is 5.87. The van der Waals surface area contributed by atoms with Crippen LogP contribution in [0.2, 0.25) is 0 Å². The Morgan fingerprint density at radius 3 is 2.07 bits per heavy atom. The van der Waals surface area contributed by atoms with Gasteiger partial charge in [0.25, 0.3) is 0 Å². The maximum atomic E-state index is 13.6. The molecule has 2 aliphatic rings. The molecule has 0 spiro atoms. The van der Waals surface area contributed by atoms with Crippen molar-refractivity contribution in [2.24, 2.45) is 29.2 Å². The highest BCUT2D eigenvalue weighted by atomic mass is 16.2. The Morgan fingerprint density at radius 1 is 0.854 bits per heavy atom. The molecule has 8 heteroatoms. The molecule has 2 aromatic rings. The van der Waals surface area contributed by atoms with Gasteiger partial charge in [-0.1, -0.05) is 87.2 Å². The molecular formula is C33H47N5O3. The van der Waals surface area contributed by atoms with Gasteiger partial charge in [0.05, 0.1) is 12.0 Å². The van der Waals surface area contributed by atoms with Gasteiger partial charge in [0.2, 0.25) is 17.7 Å². The molecule has 41 heavy (non-hydrogen) atoms. The van der Waals surface area contributed by atoms with Crippen LogP contribution in [0.3, 0.4) is 0 Å². The lowest BCUT2D eigenvalue weighted by molar-refractivity contribution is -0.142. The van der Waals surface area contributed by atoms with E-state index in [1.54, 1.807) is 6.92 Å². The van der Waals surface area contributed by atoms with Gasteiger partial charge in [0, 0.05) is 45.2 Å². The Bertz CT molecular complexity index is 1120. The van der Waals surface area contributed by atoms with Gasteiger partial charge < -0.3 is 21.7 Å². The summed E-state index contributed by atoms with van der Waals surface area (Å²) in [5.41, 5.74) is 15.2. The number of carbonyl (C=O) groups excluding carboxylic acids is 3. The van der Waals surface area contributed by atoms with Crippen LogP contribution in [-0.4, -0.2) is 59.7 Å². The molecule has 1 saturated heterocycles. The third kappa shape index (κ3) is 8.88. The van der Waals surface area contributed by atoms with Crippen LogP contribution in [0.1, 0.15) is 62.1 Å². The van der Waals surface area contributed by atoms with Crippen molar-refractivity contribution >= 4 is 17.7 Å². The van der Waals surface area contributed by atoms with E-state index in [4.69, 9.17) is 11.5 Å². The van der Waals surface area contributed by atoms with Crippen LogP contribution in [0.25, 0.3) is 0 Å². The Morgan fingerprint density at radius 2 is 1.46 bits per heavy atom. The Labute approximate surface area is 244 Å². The highest BCUT2D eigenvalue weighted by Crippen LogP contribution is 2.25. The summed E-state index contributed by atoms with van der Waals surface area (Å²) in [6.07, 6.45) is 7.24. The molecule has 1 aliphatic carbocycles. The lowest BCUT2D eigenvalue weighted by Gasteiger charge is -2.37.